The van der Waals surface area contributed by atoms with Crippen LogP contribution >= 0.6 is 24.0 Å². The molecule has 3 rings (SSSR count). The summed E-state index contributed by atoms with van der Waals surface area (Å²) in [6.07, 6.45) is -2.26. The molecule has 1 aliphatic rings. The summed E-state index contributed by atoms with van der Waals surface area (Å²) in [5.41, 5.74) is -0.632. The highest BCUT2D eigenvalue weighted by atomic mass is 32.2. The second-order valence-electron chi connectivity index (χ2n) is 7.13. The molecule has 1 saturated heterocycles. The molecule has 2 aromatic carbocycles. The molecule has 0 bridgehead atoms. The van der Waals surface area contributed by atoms with Crippen LogP contribution in [0.3, 0.4) is 0 Å². The molecule has 1 fully saturated rings. The summed E-state index contributed by atoms with van der Waals surface area (Å²) in [5.74, 6) is -0.609. The number of thioether (sulfide) groups is 1. The number of para-hydroxylation sites is 1. The number of alkyl halides is 3. The van der Waals surface area contributed by atoms with Crippen LogP contribution in [0.4, 0.5) is 18.9 Å². The van der Waals surface area contributed by atoms with Gasteiger partial charge in [-0.2, -0.15) is 13.2 Å². The van der Waals surface area contributed by atoms with Crippen molar-refractivity contribution >= 4 is 51.9 Å². The number of carbonyl (C=O) groups is 2. The summed E-state index contributed by atoms with van der Waals surface area (Å²) in [5, 5.41) is 2.22. The third kappa shape index (κ3) is 6.81. The second kappa shape index (κ2) is 11.5. The molecule has 1 aliphatic heterocycles. The molecular weight excluding hydrogens is 489 g/mol. The van der Waals surface area contributed by atoms with Gasteiger partial charge in [0, 0.05) is 20.3 Å². The Morgan fingerprint density at radius 2 is 1.97 bits per heavy atom. The normalized spacial score (nSPS) is 15.2. The van der Waals surface area contributed by atoms with Crippen LogP contribution in [0.1, 0.15) is 17.5 Å². The fraction of sp³-hybridized carbons (Fsp3) is 0.261. The van der Waals surface area contributed by atoms with Gasteiger partial charge < -0.3 is 14.8 Å². The summed E-state index contributed by atoms with van der Waals surface area (Å²) in [4.78, 5) is 26.8. The molecule has 0 spiro atoms. The largest absolute Gasteiger partial charge is 0.484 e. The Bertz CT molecular complexity index is 1110. The van der Waals surface area contributed by atoms with Gasteiger partial charge in [0.15, 0.2) is 6.61 Å². The van der Waals surface area contributed by atoms with Gasteiger partial charge in [-0.25, -0.2) is 0 Å². The molecule has 0 unspecified atom stereocenters. The number of thiocarbonyl (C=S) groups is 1. The van der Waals surface area contributed by atoms with Crippen molar-refractivity contribution in [3.8, 4) is 5.75 Å². The quantitative estimate of drug-likeness (QED) is 0.292. The molecule has 11 heteroatoms. The zero-order chi connectivity index (χ0) is 24.7. The third-order valence-electron chi connectivity index (χ3n) is 4.64. The van der Waals surface area contributed by atoms with Gasteiger partial charge in [0.1, 0.15) is 10.1 Å². The van der Waals surface area contributed by atoms with E-state index in [0.29, 0.717) is 40.1 Å². The lowest BCUT2D eigenvalue weighted by Crippen LogP contribution is -2.29. The van der Waals surface area contributed by atoms with Gasteiger partial charge in [-0.1, -0.05) is 48.2 Å². The van der Waals surface area contributed by atoms with Crippen LogP contribution in [0.5, 0.6) is 5.75 Å². The van der Waals surface area contributed by atoms with Crippen LogP contribution < -0.4 is 10.1 Å². The highest BCUT2D eigenvalue weighted by Gasteiger charge is 2.33. The van der Waals surface area contributed by atoms with E-state index >= 15 is 0 Å². The molecule has 0 radical (unpaired) electrons. The molecule has 0 aromatic heterocycles. The molecule has 180 valence electrons. The molecular formula is C23H21F3N2O4S2. The van der Waals surface area contributed by atoms with Crippen LogP contribution in [-0.2, 0) is 20.5 Å². The Morgan fingerprint density at radius 3 is 2.71 bits per heavy atom. The van der Waals surface area contributed by atoms with E-state index in [4.69, 9.17) is 21.7 Å². The van der Waals surface area contributed by atoms with Crippen molar-refractivity contribution in [1.82, 2.24) is 4.90 Å². The zero-order valence-corrected chi connectivity index (χ0v) is 19.7. The lowest BCUT2D eigenvalue weighted by atomic mass is 10.1. The first-order valence-electron chi connectivity index (χ1n) is 10.1. The summed E-state index contributed by atoms with van der Waals surface area (Å²) >= 11 is 6.48. The monoisotopic (exact) mass is 510 g/mol. The highest BCUT2D eigenvalue weighted by molar-refractivity contribution is 8.26. The summed E-state index contributed by atoms with van der Waals surface area (Å²) < 4.78 is 50.2. The number of rotatable bonds is 9. The number of hydrogen-bond donors (Lipinski definition) is 1. The number of anilines is 1. The van der Waals surface area contributed by atoms with Gasteiger partial charge in [0.05, 0.1) is 16.2 Å². The van der Waals surface area contributed by atoms with Gasteiger partial charge in [0.2, 0.25) is 0 Å². The smallest absolute Gasteiger partial charge is 0.418 e. The molecule has 0 atom stereocenters. The number of ether oxygens (including phenoxy) is 2. The fourth-order valence-corrected chi connectivity index (χ4v) is 4.39. The van der Waals surface area contributed by atoms with Gasteiger partial charge >= 0.3 is 6.18 Å². The molecule has 1 heterocycles. The van der Waals surface area contributed by atoms with Gasteiger partial charge in [0.25, 0.3) is 11.8 Å². The number of amides is 2. The van der Waals surface area contributed by atoms with Crippen LogP contribution in [0.15, 0.2) is 53.4 Å². The van der Waals surface area contributed by atoms with E-state index in [0.717, 1.165) is 6.07 Å². The van der Waals surface area contributed by atoms with Crippen molar-refractivity contribution < 1.29 is 32.2 Å². The standard InChI is InChI=1S/C23H21F3N2O4S2/c1-31-11-5-10-28-21(30)19(34-22(28)33)13-15-6-4-7-16(12-15)32-14-20(29)27-18-9-3-2-8-17(18)23(24,25)26/h2-4,6-9,12-13H,5,10-11,14H2,1H3,(H,27,29)/b19-13-. The Labute approximate surface area is 204 Å². The molecule has 2 aromatic rings. The maximum atomic E-state index is 13.1. The second-order valence-corrected chi connectivity index (χ2v) is 8.81. The van der Waals surface area contributed by atoms with Crippen molar-refractivity contribution in [2.45, 2.75) is 12.6 Å². The maximum Gasteiger partial charge on any atom is 0.418 e. The summed E-state index contributed by atoms with van der Waals surface area (Å²) in [6.45, 7) is 0.494. The third-order valence-corrected chi connectivity index (χ3v) is 6.01. The van der Waals surface area contributed by atoms with E-state index in [9.17, 15) is 22.8 Å². The number of hydrogen-bond acceptors (Lipinski definition) is 6. The lowest BCUT2D eigenvalue weighted by molar-refractivity contribution is -0.137. The molecule has 1 N–H and O–H groups in total. The minimum atomic E-state index is -4.59. The van der Waals surface area contributed by atoms with Gasteiger partial charge in [-0.3, -0.25) is 14.5 Å². The van der Waals surface area contributed by atoms with E-state index in [-0.39, 0.29) is 11.6 Å². The Balaban J connectivity index is 1.62. The summed E-state index contributed by atoms with van der Waals surface area (Å²) in [6, 6.07) is 11.4. The van der Waals surface area contributed by atoms with E-state index in [1.807, 2.05) is 0 Å². The van der Waals surface area contributed by atoms with Crippen LogP contribution in [0.25, 0.3) is 6.08 Å². The Morgan fingerprint density at radius 1 is 1.21 bits per heavy atom. The van der Waals surface area contributed by atoms with E-state index in [1.54, 1.807) is 37.5 Å². The zero-order valence-electron chi connectivity index (χ0n) is 18.1. The number of benzene rings is 2. The van der Waals surface area contributed by atoms with Crippen molar-refractivity contribution in [3.63, 3.8) is 0 Å². The lowest BCUT2D eigenvalue weighted by Gasteiger charge is -2.14. The van der Waals surface area contributed by atoms with Gasteiger partial charge in [-0.05, 0) is 42.3 Å². The topological polar surface area (TPSA) is 67.9 Å². The SMILES string of the molecule is COCCCN1C(=O)/C(=C/c2cccc(OCC(=O)Nc3ccccc3C(F)(F)F)c2)SC1=S. The van der Waals surface area contributed by atoms with Crippen LogP contribution in [0, 0.1) is 0 Å². The van der Waals surface area contributed by atoms with Gasteiger partial charge in [-0.15, -0.1) is 0 Å². The molecule has 0 aliphatic carbocycles. The molecule has 34 heavy (non-hydrogen) atoms. The van der Waals surface area contributed by atoms with E-state index < -0.39 is 24.3 Å². The average Bonchev–Trinajstić information content (AvgIpc) is 3.05. The van der Waals surface area contributed by atoms with E-state index in [2.05, 4.69) is 5.32 Å². The van der Waals surface area contributed by atoms with Crippen molar-refractivity contribution in [2.24, 2.45) is 0 Å². The van der Waals surface area contributed by atoms with Crippen molar-refractivity contribution in [1.29, 1.82) is 0 Å². The maximum absolute atomic E-state index is 13.1. The highest BCUT2D eigenvalue weighted by Crippen LogP contribution is 2.35. The number of nitrogens with one attached hydrogen (secondary N) is 1. The Hall–Kier alpha value is -2.89. The average molecular weight is 511 g/mol. The minimum absolute atomic E-state index is 0.194. The predicted molar refractivity (Wildman–Crippen MR) is 128 cm³/mol. The predicted octanol–water partition coefficient (Wildman–Crippen LogP) is 4.96. The fourth-order valence-electron chi connectivity index (χ4n) is 3.08. The number of nitrogens with zero attached hydrogens (tertiary/aromatic N) is 1. The van der Waals surface area contributed by atoms with Crippen molar-refractivity contribution in [3.05, 3.63) is 64.6 Å². The minimum Gasteiger partial charge on any atom is -0.484 e. The number of methoxy groups -OCH3 is 1. The molecule has 2 amide bonds. The molecule has 0 saturated carbocycles. The first kappa shape index (κ1) is 25.7. The number of carbonyl (C=O) groups excluding carboxylic acids is 2. The first-order valence-corrected chi connectivity index (χ1v) is 11.3. The van der Waals surface area contributed by atoms with E-state index in [1.165, 1.54) is 34.9 Å². The van der Waals surface area contributed by atoms with Crippen LogP contribution in [0.2, 0.25) is 0 Å². The molecule has 6 nitrogen and oxygen atoms in total. The summed E-state index contributed by atoms with van der Waals surface area (Å²) in [7, 11) is 1.59. The number of halogens is 3. The Kier molecular flexibility index (Phi) is 8.70. The van der Waals surface area contributed by atoms with Crippen molar-refractivity contribution in [2.75, 3.05) is 32.2 Å². The first-order chi connectivity index (χ1) is 16.2. The van der Waals surface area contributed by atoms with Crippen LogP contribution in [-0.4, -0.2) is 47.9 Å².